The van der Waals surface area contributed by atoms with E-state index in [-0.39, 0.29) is 5.91 Å². The van der Waals surface area contributed by atoms with E-state index in [1.54, 1.807) is 22.7 Å². The molecule has 1 aromatic heterocycles. The molecule has 6 nitrogen and oxygen atoms in total. The number of carbonyl (C=O) groups excluding carboxylic acids is 1. The molecule has 1 amide bonds. The van der Waals surface area contributed by atoms with E-state index in [0.717, 1.165) is 12.1 Å². The third kappa shape index (κ3) is 2.37. The SMILES string of the molecule is Cc1cc(C(=O)N2CCC[C@H](C(=O)O)C2)n(C)n1. The van der Waals surface area contributed by atoms with Crippen LogP contribution in [-0.4, -0.2) is 44.8 Å². The van der Waals surface area contributed by atoms with Crippen LogP contribution in [0.25, 0.3) is 0 Å². The van der Waals surface area contributed by atoms with Gasteiger partial charge in [0.05, 0.1) is 11.6 Å². The van der Waals surface area contributed by atoms with Crippen LogP contribution in [0.3, 0.4) is 0 Å². The largest absolute Gasteiger partial charge is 0.481 e. The summed E-state index contributed by atoms with van der Waals surface area (Å²) in [5, 5.41) is 13.1. The highest BCUT2D eigenvalue weighted by molar-refractivity contribution is 5.93. The van der Waals surface area contributed by atoms with Gasteiger partial charge in [-0.3, -0.25) is 14.3 Å². The number of aryl methyl sites for hydroxylation is 2. The first-order chi connectivity index (χ1) is 8.49. The molecule has 1 saturated heterocycles. The Bertz CT molecular complexity index is 481. The lowest BCUT2D eigenvalue weighted by Gasteiger charge is -2.30. The number of aromatic nitrogens is 2. The fraction of sp³-hybridized carbons (Fsp3) is 0.583. The lowest BCUT2D eigenvalue weighted by molar-refractivity contribution is -0.143. The molecule has 1 aromatic rings. The first-order valence-corrected chi connectivity index (χ1v) is 6.01. The highest BCUT2D eigenvalue weighted by Crippen LogP contribution is 2.19. The van der Waals surface area contributed by atoms with Crippen molar-refractivity contribution in [1.82, 2.24) is 14.7 Å². The number of hydrogen-bond donors (Lipinski definition) is 1. The molecule has 2 rings (SSSR count). The van der Waals surface area contributed by atoms with Crippen molar-refractivity contribution in [3.8, 4) is 0 Å². The lowest BCUT2D eigenvalue weighted by Crippen LogP contribution is -2.42. The van der Waals surface area contributed by atoms with E-state index in [0.29, 0.717) is 25.2 Å². The summed E-state index contributed by atoms with van der Waals surface area (Å²) < 4.78 is 1.54. The van der Waals surface area contributed by atoms with Crippen molar-refractivity contribution < 1.29 is 14.7 Å². The number of hydrogen-bond acceptors (Lipinski definition) is 3. The highest BCUT2D eigenvalue weighted by Gasteiger charge is 2.29. The zero-order valence-corrected chi connectivity index (χ0v) is 10.6. The van der Waals surface area contributed by atoms with E-state index in [9.17, 15) is 9.59 Å². The van der Waals surface area contributed by atoms with Crippen LogP contribution in [0.5, 0.6) is 0 Å². The van der Waals surface area contributed by atoms with Crippen LogP contribution < -0.4 is 0 Å². The number of nitrogens with zero attached hydrogens (tertiary/aromatic N) is 3. The molecule has 1 fully saturated rings. The van der Waals surface area contributed by atoms with Gasteiger partial charge in [-0.2, -0.15) is 5.10 Å². The summed E-state index contributed by atoms with van der Waals surface area (Å²) in [6, 6.07) is 1.73. The van der Waals surface area contributed by atoms with Gasteiger partial charge in [0.25, 0.3) is 5.91 Å². The minimum absolute atomic E-state index is 0.135. The van der Waals surface area contributed by atoms with Gasteiger partial charge in [0, 0.05) is 20.1 Å². The molecule has 1 N–H and O–H groups in total. The first kappa shape index (κ1) is 12.6. The van der Waals surface area contributed by atoms with Crippen LogP contribution in [0.15, 0.2) is 6.07 Å². The smallest absolute Gasteiger partial charge is 0.308 e. The van der Waals surface area contributed by atoms with E-state index < -0.39 is 11.9 Å². The number of likely N-dealkylation sites (tertiary alicyclic amines) is 1. The Balaban J connectivity index is 2.14. The van der Waals surface area contributed by atoms with Gasteiger partial charge in [0.15, 0.2) is 0 Å². The van der Waals surface area contributed by atoms with E-state index in [1.807, 2.05) is 6.92 Å². The number of rotatable bonds is 2. The fourth-order valence-electron chi connectivity index (χ4n) is 2.34. The van der Waals surface area contributed by atoms with Crippen LogP contribution >= 0.6 is 0 Å². The summed E-state index contributed by atoms with van der Waals surface area (Å²) in [7, 11) is 1.72. The van der Waals surface area contributed by atoms with Gasteiger partial charge < -0.3 is 10.0 Å². The Morgan fingerprint density at radius 3 is 2.78 bits per heavy atom. The van der Waals surface area contributed by atoms with Gasteiger partial charge in [-0.25, -0.2) is 0 Å². The zero-order chi connectivity index (χ0) is 13.3. The van der Waals surface area contributed by atoms with Crippen LogP contribution in [0.1, 0.15) is 29.0 Å². The quantitative estimate of drug-likeness (QED) is 0.838. The first-order valence-electron chi connectivity index (χ1n) is 6.01. The van der Waals surface area contributed by atoms with Crippen LogP contribution in [-0.2, 0) is 11.8 Å². The summed E-state index contributed by atoms with van der Waals surface area (Å²) in [4.78, 5) is 24.9. The minimum atomic E-state index is -0.825. The van der Waals surface area contributed by atoms with Gasteiger partial charge in [-0.15, -0.1) is 0 Å². The van der Waals surface area contributed by atoms with Gasteiger partial charge in [0.1, 0.15) is 5.69 Å². The predicted octanol–water partition coefficient (Wildman–Crippen LogP) is 0.665. The second kappa shape index (κ2) is 4.80. The minimum Gasteiger partial charge on any atom is -0.481 e. The number of aliphatic carboxylic acids is 1. The monoisotopic (exact) mass is 251 g/mol. The lowest BCUT2D eigenvalue weighted by atomic mass is 9.98. The van der Waals surface area contributed by atoms with Gasteiger partial charge in [0.2, 0.25) is 0 Å². The Morgan fingerprint density at radius 2 is 2.22 bits per heavy atom. The van der Waals surface area contributed by atoms with Crippen LogP contribution in [0, 0.1) is 12.8 Å². The van der Waals surface area contributed by atoms with Gasteiger partial charge in [-0.1, -0.05) is 0 Å². The van der Waals surface area contributed by atoms with E-state index >= 15 is 0 Å². The van der Waals surface area contributed by atoms with Gasteiger partial charge in [-0.05, 0) is 25.8 Å². The number of amides is 1. The Kier molecular flexibility index (Phi) is 3.36. The van der Waals surface area contributed by atoms with Crippen molar-refractivity contribution in [3.05, 3.63) is 17.5 Å². The highest BCUT2D eigenvalue weighted by atomic mass is 16.4. The van der Waals surface area contributed by atoms with Crippen molar-refractivity contribution in [1.29, 1.82) is 0 Å². The average Bonchev–Trinajstić information content (AvgIpc) is 2.67. The summed E-state index contributed by atoms with van der Waals surface area (Å²) in [5.41, 5.74) is 1.30. The Hall–Kier alpha value is -1.85. The summed E-state index contributed by atoms with van der Waals surface area (Å²) in [6.45, 7) is 2.73. The fourth-order valence-corrected chi connectivity index (χ4v) is 2.34. The number of carboxylic acid groups (broad SMARTS) is 1. The average molecular weight is 251 g/mol. The van der Waals surface area contributed by atoms with Crippen molar-refractivity contribution in [2.75, 3.05) is 13.1 Å². The maximum absolute atomic E-state index is 12.3. The normalized spacial score (nSPS) is 19.9. The topological polar surface area (TPSA) is 75.4 Å². The van der Waals surface area contributed by atoms with Crippen molar-refractivity contribution in [2.24, 2.45) is 13.0 Å². The maximum atomic E-state index is 12.3. The van der Waals surface area contributed by atoms with E-state index in [2.05, 4.69) is 5.10 Å². The Labute approximate surface area is 105 Å². The molecule has 1 aliphatic heterocycles. The second-order valence-corrected chi connectivity index (χ2v) is 4.72. The zero-order valence-electron chi connectivity index (χ0n) is 10.6. The van der Waals surface area contributed by atoms with Crippen molar-refractivity contribution in [3.63, 3.8) is 0 Å². The molecule has 0 unspecified atom stereocenters. The third-order valence-electron chi connectivity index (χ3n) is 3.28. The molecule has 1 aliphatic rings. The summed E-state index contributed by atoms with van der Waals surface area (Å²) >= 11 is 0. The third-order valence-corrected chi connectivity index (χ3v) is 3.28. The Morgan fingerprint density at radius 1 is 1.50 bits per heavy atom. The molecule has 6 heteroatoms. The van der Waals surface area contributed by atoms with E-state index in [4.69, 9.17) is 5.11 Å². The number of carbonyl (C=O) groups is 2. The predicted molar refractivity (Wildman–Crippen MR) is 64.2 cm³/mol. The van der Waals surface area contributed by atoms with E-state index in [1.165, 1.54) is 0 Å². The molecule has 0 radical (unpaired) electrons. The van der Waals surface area contributed by atoms with Crippen molar-refractivity contribution in [2.45, 2.75) is 19.8 Å². The summed E-state index contributed by atoms with van der Waals surface area (Å²) in [6.07, 6.45) is 1.38. The standard InChI is InChI=1S/C12H17N3O3/c1-8-6-10(14(2)13-8)11(16)15-5-3-4-9(7-15)12(17)18/h6,9H,3-5,7H2,1-2H3,(H,17,18)/t9-/m0/s1. The number of piperidine rings is 1. The molecule has 0 aliphatic carbocycles. The molecule has 0 spiro atoms. The molecular formula is C12H17N3O3. The molecule has 2 heterocycles. The molecule has 18 heavy (non-hydrogen) atoms. The molecule has 0 bridgehead atoms. The number of carboxylic acids is 1. The maximum Gasteiger partial charge on any atom is 0.308 e. The second-order valence-electron chi connectivity index (χ2n) is 4.72. The molecular weight excluding hydrogens is 234 g/mol. The van der Waals surface area contributed by atoms with Crippen LogP contribution in [0.4, 0.5) is 0 Å². The summed E-state index contributed by atoms with van der Waals surface area (Å²) in [5.74, 6) is -1.41. The molecule has 0 aromatic carbocycles. The van der Waals surface area contributed by atoms with Crippen LogP contribution in [0.2, 0.25) is 0 Å². The molecule has 0 saturated carbocycles. The van der Waals surface area contributed by atoms with Gasteiger partial charge >= 0.3 is 5.97 Å². The van der Waals surface area contributed by atoms with Crippen molar-refractivity contribution >= 4 is 11.9 Å². The molecule has 1 atom stereocenters. The molecule has 98 valence electrons.